The Morgan fingerprint density at radius 2 is 2.18 bits per heavy atom. The standard InChI is InChI=1S/C9H19NO/c1-3-10(9-4-5-9)7-6-8(2)11/h8-9,11H,3-7H2,1-2H3. The largest absolute Gasteiger partial charge is 0.393 e. The maximum Gasteiger partial charge on any atom is 0.0524 e. The third-order valence-electron chi connectivity index (χ3n) is 2.30. The molecule has 0 aliphatic heterocycles. The molecule has 1 aliphatic rings. The van der Waals surface area contributed by atoms with Crippen LogP contribution in [0.3, 0.4) is 0 Å². The van der Waals surface area contributed by atoms with Crippen molar-refractivity contribution < 1.29 is 5.11 Å². The van der Waals surface area contributed by atoms with Gasteiger partial charge in [0, 0.05) is 12.6 Å². The van der Waals surface area contributed by atoms with E-state index in [-0.39, 0.29) is 6.10 Å². The van der Waals surface area contributed by atoms with Crippen LogP contribution < -0.4 is 0 Å². The first-order valence-electron chi connectivity index (χ1n) is 4.66. The van der Waals surface area contributed by atoms with Crippen LogP contribution in [-0.2, 0) is 0 Å². The summed E-state index contributed by atoms with van der Waals surface area (Å²) >= 11 is 0. The van der Waals surface area contributed by atoms with Gasteiger partial charge in [-0.2, -0.15) is 0 Å². The summed E-state index contributed by atoms with van der Waals surface area (Å²) in [6, 6.07) is 0.846. The van der Waals surface area contributed by atoms with Gasteiger partial charge in [-0.05, 0) is 32.7 Å². The fourth-order valence-electron chi connectivity index (χ4n) is 1.39. The van der Waals surface area contributed by atoms with Gasteiger partial charge in [0.2, 0.25) is 0 Å². The van der Waals surface area contributed by atoms with Crippen LogP contribution in [0.5, 0.6) is 0 Å². The van der Waals surface area contributed by atoms with Gasteiger partial charge in [-0.25, -0.2) is 0 Å². The Balaban J connectivity index is 2.10. The summed E-state index contributed by atoms with van der Waals surface area (Å²) < 4.78 is 0. The second kappa shape index (κ2) is 4.07. The topological polar surface area (TPSA) is 23.5 Å². The zero-order valence-corrected chi connectivity index (χ0v) is 7.58. The van der Waals surface area contributed by atoms with Crippen molar-refractivity contribution in [3.05, 3.63) is 0 Å². The summed E-state index contributed by atoms with van der Waals surface area (Å²) in [4.78, 5) is 2.46. The summed E-state index contributed by atoms with van der Waals surface area (Å²) in [5, 5.41) is 9.07. The molecule has 1 unspecified atom stereocenters. The zero-order chi connectivity index (χ0) is 8.27. The number of aliphatic hydroxyl groups excluding tert-OH is 1. The third kappa shape index (κ3) is 3.21. The lowest BCUT2D eigenvalue weighted by atomic mass is 10.2. The third-order valence-corrected chi connectivity index (χ3v) is 2.30. The summed E-state index contributed by atoms with van der Waals surface area (Å²) in [7, 11) is 0. The minimum atomic E-state index is -0.136. The molecular weight excluding hydrogens is 138 g/mol. The van der Waals surface area contributed by atoms with Crippen molar-refractivity contribution in [3.63, 3.8) is 0 Å². The highest BCUT2D eigenvalue weighted by molar-refractivity contribution is 4.83. The average molecular weight is 157 g/mol. The average Bonchev–Trinajstić information content (AvgIpc) is 2.72. The van der Waals surface area contributed by atoms with Crippen LogP contribution in [0.25, 0.3) is 0 Å². The number of hydrogen-bond donors (Lipinski definition) is 1. The molecule has 0 amide bonds. The number of aliphatic hydroxyl groups is 1. The molecule has 1 atom stereocenters. The first-order chi connectivity index (χ1) is 5.24. The predicted octanol–water partition coefficient (Wildman–Crippen LogP) is 1.24. The molecule has 11 heavy (non-hydrogen) atoms. The van der Waals surface area contributed by atoms with E-state index in [9.17, 15) is 0 Å². The Labute approximate surface area is 69.2 Å². The second-order valence-corrected chi connectivity index (χ2v) is 3.50. The Hall–Kier alpha value is -0.0800. The molecule has 0 heterocycles. The number of hydrogen-bond acceptors (Lipinski definition) is 2. The van der Waals surface area contributed by atoms with Crippen LogP contribution in [0.15, 0.2) is 0 Å². The van der Waals surface area contributed by atoms with Crippen molar-refractivity contribution in [1.29, 1.82) is 0 Å². The van der Waals surface area contributed by atoms with E-state index in [1.165, 1.54) is 12.8 Å². The maximum atomic E-state index is 9.07. The summed E-state index contributed by atoms with van der Waals surface area (Å²) in [6.07, 6.45) is 3.52. The number of nitrogens with zero attached hydrogens (tertiary/aromatic N) is 1. The van der Waals surface area contributed by atoms with Crippen LogP contribution in [0.4, 0.5) is 0 Å². The van der Waals surface area contributed by atoms with Gasteiger partial charge in [0.25, 0.3) is 0 Å². The smallest absolute Gasteiger partial charge is 0.0524 e. The van der Waals surface area contributed by atoms with E-state index in [1.807, 2.05) is 6.92 Å². The van der Waals surface area contributed by atoms with Gasteiger partial charge in [0.15, 0.2) is 0 Å². The van der Waals surface area contributed by atoms with E-state index in [4.69, 9.17) is 5.11 Å². The number of rotatable bonds is 5. The van der Waals surface area contributed by atoms with Gasteiger partial charge in [-0.15, -0.1) is 0 Å². The molecule has 1 N–H and O–H groups in total. The highest BCUT2D eigenvalue weighted by Crippen LogP contribution is 2.26. The van der Waals surface area contributed by atoms with Gasteiger partial charge in [0.1, 0.15) is 0 Å². The molecule has 1 aliphatic carbocycles. The second-order valence-electron chi connectivity index (χ2n) is 3.50. The molecule has 0 saturated heterocycles. The molecule has 0 aromatic carbocycles. The molecular formula is C9H19NO. The van der Waals surface area contributed by atoms with Crippen LogP contribution in [-0.4, -0.2) is 35.2 Å². The highest BCUT2D eigenvalue weighted by Gasteiger charge is 2.27. The molecule has 1 rings (SSSR count). The van der Waals surface area contributed by atoms with Crippen molar-refractivity contribution in [2.75, 3.05) is 13.1 Å². The Morgan fingerprint density at radius 3 is 2.55 bits per heavy atom. The molecule has 0 spiro atoms. The monoisotopic (exact) mass is 157 g/mol. The Morgan fingerprint density at radius 1 is 1.55 bits per heavy atom. The van der Waals surface area contributed by atoms with Crippen LogP contribution in [0, 0.1) is 0 Å². The van der Waals surface area contributed by atoms with Crippen LogP contribution >= 0.6 is 0 Å². The Kier molecular flexibility index (Phi) is 3.34. The SMILES string of the molecule is CCN(CCC(C)O)C1CC1. The van der Waals surface area contributed by atoms with Gasteiger partial charge in [0.05, 0.1) is 6.10 Å². The van der Waals surface area contributed by atoms with E-state index in [1.54, 1.807) is 0 Å². The predicted molar refractivity (Wildman–Crippen MR) is 46.6 cm³/mol. The van der Waals surface area contributed by atoms with Crippen molar-refractivity contribution in [1.82, 2.24) is 4.90 Å². The van der Waals surface area contributed by atoms with E-state index >= 15 is 0 Å². The van der Waals surface area contributed by atoms with Gasteiger partial charge in [-0.1, -0.05) is 6.92 Å². The molecule has 1 saturated carbocycles. The molecule has 0 aromatic heterocycles. The lowest BCUT2D eigenvalue weighted by Crippen LogP contribution is -2.28. The molecule has 0 radical (unpaired) electrons. The van der Waals surface area contributed by atoms with Crippen molar-refractivity contribution in [2.45, 2.75) is 45.3 Å². The lowest BCUT2D eigenvalue weighted by Gasteiger charge is -2.20. The van der Waals surface area contributed by atoms with Gasteiger partial charge in [-0.3, -0.25) is 0 Å². The lowest BCUT2D eigenvalue weighted by molar-refractivity contribution is 0.155. The highest BCUT2D eigenvalue weighted by atomic mass is 16.3. The molecule has 1 fully saturated rings. The van der Waals surface area contributed by atoms with E-state index in [2.05, 4.69) is 11.8 Å². The minimum Gasteiger partial charge on any atom is -0.393 e. The first-order valence-corrected chi connectivity index (χ1v) is 4.66. The van der Waals surface area contributed by atoms with Crippen molar-refractivity contribution in [3.8, 4) is 0 Å². The summed E-state index contributed by atoms with van der Waals surface area (Å²) in [6.45, 7) is 6.26. The van der Waals surface area contributed by atoms with E-state index < -0.39 is 0 Å². The normalized spacial score (nSPS) is 20.7. The van der Waals surface area contributed by atoms with Crippen LogP contribution in [0.2, 0.25) is 0 Å². The van der Waals surface area contributed by atoms with Crippen LogP contribution in [0.1, 0.15) is 33.1 Å². The van der Waals surface area contributed by atoms with E-state index in [0.29, 0.717) is 0 Å². The summed E-state index contributed by atoms with van der Waals surface area (Å²) in [5.74, 6) is 0. The molecule has 0 bridgehead atoms. The molecule has 2 nitrogen and oxygen atoms in total. The van der Waals surface area contributed by atoms with Crippen molar-refractivity contribution >= 4 is 0 Å². The first kappa shape index (κ1) is 9.01. The molecule has 0 aromatic rings. The van der Waals surface area contributed by atoms with Gasteiger partial charge < -0.3 is 10.0 Å². The minimum absolute atomic E-state index is 0.136. The maximum absolute atomic E-state index is 9.07. The van der Waals surface area contributed by atoms with E-state index in [0.717, 1.165) is 25.6 Å². The van der Waals surface area contributed by atoms with Crippen molar-refractivity contribution in [2.24, 2.45) is 0 Å². The van der Waals surface area contributed by atoms with Gasteiger partial charge >= 0.3 is 0 Å². The quantitative estimate of drug-likeness (QED) is 0.649. The molecule has 2 heteroatoms. The zero-order valence-electron chi connectivity index (χ0n) is 7.58. The fourth-order valence-corrected chi connectivity index (χ4v) is 1.39. The summed E-state index contributed by atoms with van der Waals surface area (Å²) in [5.41, 5.74) is 0. The fraction of sp³-hybridized carbons (Fsp3) is 1.00. The Bertz CT molecular complexity index is 110. The molecule has 66 valence electrons.